The smallest absolute Gasteiger partial charge is 0.240 e. The highest BCUT2D eigenvalue weighted by molar-refractivity contribution is 6.07. The van der Waals surface area contributed by atoms with Crippen LogP contribution in [0.15, 0.2) is 86.0 Å². The number of piperidine rings is 1. The molecule has 2 N–H and O–H groups in total. The number of oxazole rings is 3. The maximum Gasteiger partial charge on any atom is 0.240 e. The summed E-state index contributed by atoms with van der Waals surface area (Å²) in [5.41, 5.74) is 15.3. The highest BCUT2D eigenvalue weighted by Gasteiger charge is 2.32. The molecule has 12 rings (SSSR count). The Morgan fingerprint density at radius 1 is 0.472 bits per heavy atom. The number of aryl methyl sites for hydroxylation is 5. The highest BCUT2D eigenvalue weighted by atomic mass is 19.1. The number of nitrogen functional groups attached to an aromatic ring is 1. The lowest BCUT2D eigenvalue weighted by molar-refractivity contribution is -0.121. The molecule has 3 atom stereocenters. The Balaban J connectivity index is 0.000000173. The van der Waals surface area contributed by atoms with E-state index in [9.17, 15) is 32.3 Å². The monoisotopic (exact) mass is 1490 g/mol. The molecular formula is C81H97F3N10O14. The second kappa shape index (κ2) is 37.0. The normalized spacial score (nSPS) is 14.3. The number of carbonyl (C=O) groups is 4. The molecule has 0 amide bonds. The molecule has 10 aromatic rings. The number of nitrogens with two attached hydrogens (primary N) is 1. The van der Waals surface area contributed by atoms with Gasteiger partial charge >= 0.3 is 0 Å². The average Bonchev–Trinajstić information content (AvgIpc) is 1.60. The maximum absolute atomic E-state index is 13.3. The summed E-state index contributed by atoms with van der Waals surface area (Å²) in [4.78, 5) is 67.9. The second-order valence-electron chi connectivity index (χ2n) is 27.8. The van der Waals surface area contributed by atoms with Crippen LogP contribution in [0.2, 0.25) is 0 Å². The first-order valence-electron chi connectivity index (χ1n) is 36.7. The van der Waals surface area contributed by atoms with Gasteiger partial charge in [0.2, 0.25) is 39.9 Å². The fourth-order valence-electron chi connectivity index (χ4n) is 13.2. The van der Waals surface area contributed by atoms with Gasteiger partial charge in [-0.3, -0.25) is 29.0 Å². The summed E-state index contributed by atoms with van der Waals surface area (Å²) in [5.74, 6) is 3.34. The number of ether oxygens (including phenoxy) is 7. The third kappa shape index (κ3) is 19.9. The topological polar surface area (TPSA) is 287 Å². The van der Waals surface area contributed by atoms with E-state index in [4.69, 9.17) is 52.1 Å². The summed E-state index contributed by atoms with van der Waals surface area (Å²) in [5, 5.41) is 11.0. The van der Waals surface area contributed by atoms with Crippen molar-refractivity contribution in [3.05, 3.63) is 158 Å². The Morgan fingerprint density at radius 2 is 0.815 bits per heavy atom. The van der Waals surface area contributed by atoms with Crippen LogP contribution in [0, 0.1) is 52.1 Å². The van der Waals surface area contributed by atoms with E-state index in [1.54, 1.807) is 57.2 Å². The molecule has 4 aromatic heterocycles. The van der Waals surface area contributed by atoms with Crippen molar-refractivity contribution in [2.24, 2.45) is 0 Å². The summed E-state index contributed by atoms with van der Waals surface area (Å²) in [6, 6.07) is 19.4. The number of tetrazole rings is 1. The van der Waals surface area contributed by atoms with Crippen molar-refractivity contribution >= 4 is 62.4 Å². The van der Waals surface area contributed by atoms with Crippen LogP contribution in [0.25, 0.3) is 33.3 Å². The van der Waals surface area contributed by atoms with E-state index < -0.39 is 0 Å². The number of benzene rings is 6. The molecule has 3 unspecified atom stereocenters. The SMILES string of the molecule is CC(=O)c1c(OCCN2CCC(=O)CC2)c(OCCC(C)c2ccc(F)cc2)c2oc(C(C)C)nc2c1C.CC(=O)c1c(OCCN2CCOCC2)c(OCCC(C)c2ccc(F)cc2)c2oc(C)nc2c1C.CC(=O)c1c(OCCn2nnnc2N)c(OCCC(C)c2ccc(F)cc2)c2oc(C)nc2c1C. The Morgan fingerprint density at radius 3 is 1.17 bits per heavy atom. The molecule has 0 radical (unpaired) electrons. The Bertz CT molecular complexity index is 4750. The number of anilines is 1. The molecule has 2 aliphatic heterocycles. The number of halogens is 3. The van der Waals surface area contributed by atoms with Crippen LogP contribution < -0.4 is 34.2 Å². The zero-order valence-electron chi connectivity index (χ0n) is 63.8. The summed E-state index contributed by atoms with van der Waals surface area (Å²) < 4.78 is 102. The van der Waals surface area contributed by atoms with Crippen LogP contribution in [0.4, 0.5) is 19.1 Å². The largest absolute Gasteiger partial charge is 0.487 e. The van der Waals surface area contributed by atoms with Gasteiger partial charge in [-0.2, -0.15) is 0 Å². The summed E-state index contributed by atoms with van der Waals surface area (Å²) in [6.45, 7) is 31.8. The van der Waals surface area contributed by atoms with Crippen molar-refractivity contribution in [3.63, 3.8) is 0 Å². The molecule has 0 aliphatic carbocycles. The number of nitrogens with zero attached hydrogens (tertiary/aromatic N) is 9. The number of morpholine rings is 1. The summed E-state index contributed by atoms with van der Waals surface area (Å²) in [6.07, 6.45) is 3.12. The lowest BCUT2D eigenvalue weighted by Gasteiger charge is -2.26. The van der Waals surface area contributed by atoms with Gasteiger partial charge in [-0.25, -0.2) is 32.8 Å². The second-order valence-corrected chi connectivity index (χ2v) is 27.8. The number of carbonyl (C=O) groups excluding carboxylic acids is 4. The van der Waals surface area contributed by atoms with E-state index in [2.05, 4.69) is 54.1 Å². The first kappa shape index (κ1) is 80.3. The predicted molar refractivity (Wildman–Crippen MR) is 401 cm³/mol. The van der Waals surface area contributed by atoms with E-state index in [1.165, 1.54) is 61.9 Å². The van der Waals surface area contributed by atoms with Gasteiger partial charge in [-0.1, -0.05) is 76.1 Å². The van der Waals surface area contributed by atoms with E-state index in [-0.39, 0.29) is 83.3 Å². The number of Topliss-reactive ketones (excluding diaryl/α,β-unsaturated/α-hetero) is 4. The summed E-state index contributed by atoms with van der Waals surface area (Å²) in [7, 11) is 0. The predicted octanol–water partition coefficient (Wildman–Crippen LogP) is 15.3. The molecule has 24 nitrogen and oxygen atoms in total. The molecule has 0 spiro atoms. The number of ketones is 4. The number of likely N-dealkylation sites (tertiary alicyclic amines) is 1. The van der Waals surface area contributed by atoms with Crippen molar-refractivity contribution in [3.8, 4) is 34.5 Å². The van der Waals surface area contributed by atoms with Crippen LogP contribution in [-0.4, -0.2) is 160 Å². The van der Waals surface area contributed by atoms with Gasteiger partial charge in [0.1, 0.15) is 59.6 Å². The van der Waals surface area contributed by atoms with Crippen LogP contribution in [-0.2, 0) is 16.1 Å². The first-order chi connectivity index (χ1) is 51.8. The fourth-order valence-corrected chi connectivity index (χ4v) is 13.2. The van der Waals surface area contributed by atoms with E-state index in [1.807, 2.05) is 34.6 Å². The minimum absolute atomic E-state index is 0.0557. The molecule has 576 valence electrons. The molecule has 2 fully saturated rings. The van der Waals surface area contributed by atoms with Gasteiger partial charge in [0.15, 0.2) is 52.3 Å². The van der Waals surface area contributed by atoms with Gasteiger partial charge in [-0.15, -0.1) is 0 Å². The molecule has 108 heavy (non-hydrogen) atoms. The fraction of sp³-hybridized carbons (Fsp3) is 0.457. The lowest BCUT2D eigenvalue weighted by Crippen LogP contribution is -2.38. The number of hydrogen-bond donors (Lipinski definition) is 1. The summed E-state index contributed by atoms with van der Waals surface area (Å²) >= 11 is 0. The van der Waals surface area contributed by atoms with Gasteiger partial charge in [0.25, 0.3) is 0 Å². The van der Waals surface area contributed by atoms with Gasteiger partial charge < -0.3 is 52.1 Å². The van der Waals surface area contributed by atoms with E-state index in [0.717, 1.165) is 35.3 Å². The number of aromatic nitrogens is 7. The van der Waals surface area contributed by atoms with E-state index >= 15 is 0 Å². The average molecular weight is 1490 g/mol. The van der Waals surface area contributed by atoms with Crippen LogP contribution in [0.5, 0.6) is 34.5 Å². The van der Waals surface area contributed by atoms with Crippen molar-refractivity contribution in [1.29, 1.82) is 0 Å². The van der Waals surface area contributed by atoms with Gasteiger partial charge in [-0.05, 0) is 159 Å². The first-order valence-corrected chi connectivity index (χ1v) is 36.7. The number of fused-ring (bicyclic) bond motifs is 3. The molecule has 0 saturated carbocycles. The van der Waals surface area contributed by atoms with Crippen molar-refractivity contribution < 1.29 is 78.8 Å². The molecule has 2 saturated heterocycles. The zero-order chi connectivity index (χ0) is 77.5. The third-order valence-corrected chi connectivity index (χ3v) is 19.4. The maximum atomic E-state index is 13.3. The molecule has 27 heteroatoms. The third-order valence-electron chi connectivity index (χ3n) is 19.4. The minimum atomic E-state index is -0.276. The minimum Gasteiger partial charge on any atom is -0.487 e. The number of rotatable bonds is 31. The van der Waals surface area contributed by atoms with Gasteiger partial charge in [0.05, 0.1) is 56.3 Å². The Kier molecular flexibility index (Phi) is 27.5. The Labute approximate surface area is 626 Å². The van der Waals surface area contributed by atoms with Crippen LogP contribution in [0.3, 0.4) is 0 Å². The van der Waals surface area contributed by atoms with Crippen molar-refractivity contribution in [2.45, 2.75) is 152 Å². The highest BCUT2D eigenvalue weighted by Crippen LogP contribution is 2.47. The molecule has 0 bridgehead atoms. The van der Waals surface area contributed by atoms with E-state index in [0.29, 0.717) is 218 Å². The molecule has 2 aliphatic rings. The standard InChI is InChI=1S/C30H37FN2O5.C27H33FN2O5.C24H27FN6O4/c1-18(2)30-32-26-20(4)25(21(5)34)27(37-17-15-33-13-10-24(35)11-14-33)29(28(26)38-30)36-16-12-19(3)22-6-8-23(31)9-7-22;1-17(21-5-7-22(28)8-6-21)9-13-33-27-25(34-16-12-30-10-14-32-15-11-30)23(19(3)31)18(2)24-26(27)35-20(4)29-24;1-13(17-5-7-18(25)8-6-17)9-11-33-23-21(34-12-10-31-24(26)28-29-30-31)19(15(3)32)14(2)20-22(23)35-16(4)27-20/h6-9,18-19H,10-17H2,1-5H3;5-8,17H,9-16H2,1-4H3;5-8,13H,9-12H2,1-4H3,(H2,26,28,30). The quantitative estimate of drug-likeness (QED) is 0.0395. The zero-order valence-corrected chi connectivity index (χ0v) is 63.8. The van der Waals surface area contributed by atoms with Crippen LogP contribution >= 0.6 is 0 Å². The molecule has 6 heterocycles. The van der Waals surface area contributed by atoms with Crippen molar-refractivity contribution in [2.75, 3.05) is 97.9 Å². The molecule has 6 aromatic carbocycles. The van der Waals surface area contributed by atoms with Crippen molar-refractivity contribution in [1.82, 2.24) is 45.0 Å². The Hall–Kier alpha value is -10.3. The molecular weight excluding hydrogens is 1390 g/mol. The van der Waals surface area contributed by atoms with Gasteiger partial charge in [0, 0.05) is 71.9 Å². The van der Waals surface area contributed by atoms with Crippen LogP contribution in [0.1, 0.15) is 193 Å². The lowest BCUT2D eigenvalue weighted by atomic mass is 9.98. The number of hydrogen-bond acceptors (Lipinski definition) is 23.